The minimum atomic E-state index is 0.915. The lowest BCUT2D eigenvalue weighted by Gasteiger charge is -2.03. The fourth-order valence-electron chi connectivity index (χ4n) is 1.30. The van der Waals surface area contributed by atoms with Crippen molar-refractivity contribution < 1.29 is 0 Å². The van der Waals surface area contributed by atoms with E-state index in [1.54, 1.807) is 17.5 Å². The van der Waals surface area contributed by atoms with E-state index in [0.29, 0.717) is 0 Å². The summed E-state index contributed by atoms with van der Waals surface area (Å²) in [7, 11) is 0. The number of hydrogen-bond acceptors (Lipinski definition) is 3. The van der Waals surface area contributed by atoms with Crippen LogP contribution in [0.5, 0.6) is 0 Å². The number of aromatic nitrogens is 2. The zero-order chi connectivity index (χ0) is 10.5. The van der Waals surface area contributed by atoms with Crippen LogP contribution in [-0.4, -0.2) is 16.3 Å². The van der Waals surface area contributed by atoms with Crippen molar-refractivity contribution in [3.63, 3.8) is 0 Å². The topological polar surface area (TPSA) is 29.9 Å². The van der Waals surface area contributed by atoms with Crippen molar-refractivity contribution in [1.29, 1.82) is 0 Å². The van der Waals surface area contributed by atoms with Crippen LogP contribution in [0.3, 0.4) is 0 Å². The number of hydrogen-bond donors (Lipinski definition) is 1. The smallest absolute Gasteiger partial charge is 0.0701 e. The van der Waals surface area contributed by atoms with Gasteiger partial charge in [-0.25, -0.2) is 0 Å². The normalized spacial score (nSPS) is 10.7. The summed E-state index contributed by atoms with van der Waals surface area (Å²) in [6.07, 6.45) is 3.78. The quantitative estimate of drug-likeness (QED) is 0.856. The maximum absolute atomic E-state index is 4.14. The largest absolute Gasteiger partial charge is 0.311 e. The van der Waals surface area contributed by atoms with Crippen molar-refractivity contribution in [3.05, 3.63) is 39.3 Å². The van der Waals surface area contributed by atoms with Crippen LogP contribution in [0.1, 0.15) is 5.56 Å². The van der Waals surface area contributed by atoms with Gasteiger partial charge in [-0.05, 0) is 39.0 Å². The monoisotopic (exact) mass is 285 g/mol. The molecule has 0 unspecified atom stereocenters. The first-order chi connectivity index (χ1) is 7.34. The third kappa shape index (κ3) is 3.44. The van der Waals surface area contributed by atoms with E-state index in [2.05, 4.69) is 37.8 Å². The van der Waals surface area contributed by atoms with Gasteiger partial charge in [0, 0.05) is 25.5 Å². The molecule has 0 aliphatic rings. The Morgan fingerprint density at radius 1 is 1.53 bits per heavy atom. The second-order valence-electron chi connectivity index (χ2n) is 3.20. The first-order valence-corrected chi connectivity index (χ1v) is 6.43. The van der Waals surface area contributed by atoms with Crippen LogP contribution < -0.4 is 5.32 Å². The average molecular weight is 286 g/mol. The summed E-state index contributed by atoms with van der Waals surface area (Å²) < 4.78 is 3.11. The van der Waals surface area contributed by atoms with Gasteiger partial charge < -0.3 is 5.32 Å². The first-order valence-electron chi connectivity index (χ1n) is 4.75. The molecule has 0 aromatic carbocycles. The van der Waals surface area contributed by atoms with Gasteiger partial charge in [0.05, 0.1) is 10.3 Å². The zero-order valence-corrected chi connectivity index (χ0v) is 10.6. The molecule has 5 heteroatoms. The van der Waals surface area contributed by atoms with Crippen molar-refractivity contribution in [3.8, 4) is 0 Å². The highest BCUT2D eigenvalue weighted by Crippen LogP contribution is 2.20. The van der Waals surface area contributed by atoms with Gasteiger partial charge in [0.2, 0.25) is 0 Å². The Hall–Kier alpha value is -0.650. The molecule has 0 saturated carbocycles. The Kier molecular flexibility index (Phi) is 3.94. The molecule has 0 atom stereocenters. The van der Waals surface area contributed by atoms with Crippen LogP contribution in [0.4, 0.5) is 0 Å². The Bertz CT molecular complexity index is 396. The van der Waals surface area contributed by atoms with Crippen LogP contribution in [0, 0.1) is 0 Å². The molecule has 2 aromatic heterocycles. The first kappa shape index (κ1) is 10.9. The molecule has 0 bridgehead atoms. The van der Waals surface area contributed by atoms with E-state index in [-0.39, 0.29) is 0 Å². The number of nitrogens with one attached hydrogen (secondary N) is 1. The SMILES string of the molecule is Brc1cc(CNCCn2cccn2)cs1. The van der Waals surface area contributed by atoms with E-state index in [1.807, 2.05) is 16.9 Å². The van der Waals surface area contributed by atoms with Crippen LogP contribution in [-0.2, 0) is 13.1 Å². The molecular formula is C10H12BrN3S. The highest BCUT2D eigenvalue weighted by Gasteiger charge is 1.96. The van der Waals surface area contributed by atoms with Gasteiger partial charge in [-0.2, -0.15) is 5.10 Å². The molecule has 15 heavy (non-hydrogen) atoms. The van der Waals surface area contributed by atoms with Gasteiger partial charge in [-0.15, -0.1) is 11.3 Å². The Morgan fingerprint density at radius 2 is 2.47 bits per heavy atom. The number of rotatable bonds is 5. The predicted molar refractivity (Wildman–Crippen MR) is 66.0 cm³/mol. The lowest BCUT2D eigenvalue weighted by molar-refractivity contribution is 0.555. The lowest BCUT2D eigenvalue weighted by Crippen LogP contribution is -2.19. The van der Waals surface area contributed by atoms with Crippen molar-refractivity contribution in [2.75, 3.05) is 6.54 Å². The second-order valence-corrected chi connectivity index (χ2v) is 5.50. The molecular weight excluding hydrogens is 274 g/mol. The predicted octanol–water partition coefficient (Wildman–Crippen LogP) is 2.50. The minimum Gasteiger partial charge on any atom is -0.311 e. The summed E-state index contributed by atoms with van der Waals surface area (Å²) in [5, 5.41) is 9.67. The van der Waals surface area contributed by atoms with Gasteiger partial charge >= 0.3 is 0 Å². The molecule has 0 aliphatic heterocycles. The molecule has 0 fully saturated rings. The molecule has 1 N–H and O–H groups in total. The number of nitrogens with zero attached hydrogens (tertiary/aromatic N) is 2. The average Bonchev–Trinajstić information content (AvgIpc) is 2.84. The Labute approximate surface area is 101 Å². The minimum absolute atomic E-state index is 0.915. The van der Waals surface area contributed by atoms with E-state index in [4.69, 9.17) is 0 Å². The lowest BCUT2D eigenvalue weighted by atomic mass is 10.3. The van der Waals surface area contributed by atoms with Crippen molar-refractivity contribution in [2.24, 2.45) is 0 Å². The van der Waals surface area contributed by atoms with Gasteiger partial charge in [0.1, 0.15) is 0 Å². The van der Waals surface area contributed by atoms with E-state index in [1.165, 1.54) is 9.35 Å². The van der Waals surface area contributed by atoms with E-state index in [9.17, 15) is 0 Å². The second kappa shape index (κ2) is 5.44. The van der Waals surface area contributed by atoms with Crippen LogP contribution in [0.15, 0.2) is 33.7 Å². The number of halogens is 1. The highest BCUT2D eigenvalue weighted by atomic mass is 79.9. The third-order valence-electron chi connectivity index (χ3n) is 2.03. The van der Waals surface area contributed by atoms with E-state index in [0.717, 1.165) is 19.6 Å². The maximum Gasteiger partial charge on any atom is 0.0701 e. The molecule has 2 rings (SSSR count). The van der Waals surface area contributed by atoms with Crippen LogP contribution >= 0.6 is 27.3 Å². The molecule has 0 amide bonds. The van der Waals surface area contributed by atoms with Crippen molar-refractivity contribution in [1.82, 2.24) is 15.1 Å². The molecule has 3 nitrogen and oxygen atoms in total. The summed E-state index contributed by atoms with van der Waals surface area (Å²) >= 11 is 5.17. The van der Waals surface area contributed by atoms with Gasteiger partial charge in [0.15, 0.2) is 0 Å². The van der Waals surface area contributed by atoms with E-state index < -0.39 is 0 Å². The Morgan fingerprint density at radius 3 is 3.13 bits per heavy atom. The fraction of sp³-hybridized carbons (Fsp3) is 0.300. The summed E-state index contributed by atoms with van der Waals surface area (Å²) in [6, 6.07) is 4.08. The summed E-state index contributed by atoms with van der Waals surface area (Å²) in [5.74, 6) is 0. The highest BCUT2D eigenvalue weighted by molar-refractivity contribution is 9.11. The van der Waals surface area contributed by atoms with Crippen LogP contribution in [0.2, 0.25) is 0 Å². The van der Waals surface area contributed by atoms with E-state index >= 15 is 0 Å². The standard InChI is InChI=1S/C10H12BrN3S/c11-10-6-9(8-15-10)7-12-3-5-14-4-1-2-13-14/h1-2,4,6,8,12H,3,5,7H2. The zero-order valence-electron chi connectivity index (χ0n) is 8.19. The summed E-state index contributed by atoms with van der Waals surface area (Å²) in [4.78, 5) is 0. The summed E-state index contributed by atoms with van der Waals surface area (Å²) in [5.41, 5.74) is 1.33. The van der Waals surface area contributed by atoms with Crippen LogP contribution in [0.25, 0.3) is 0 Å². The molecule has 0 saturated heterocycles. The molecule has 0 aliphatic carbocycles. The molecule has 2 heterocycles. The number of thiophene rings is 1. The van der Waals surface area contributed by atoms with Crippen molar-refractivity contribution in [2.45, 2.75) is 13.1 Å². The van der Waals surface area contributed by atoms with Gasteiger partial charge in [-0.1, -0.05) is 0 Å². The summed E-state index contributed by atoms with van der Waals surface area (Å²) in [6.45, 7) is 2.77. The molecule has 80 valence electrons. The van der Waals surface area contributed by atoms with Gasteiger partial charge in [-0.3, -0.25) is 4.68 Å². The molecule has 2 aromatic rings. The van der Waals surface area contributed by atoms with Gasteiger partial charge in [0.25, 0.3) is 0 Å². The maximum atomic E-state index is 4.14. The Balaban J connectivity index is 1.67. The third-order valence-corrected chi connectivity index (χ3v) is 3.58. The molecule has 0 radical (unpaired) electrons. The molecule has 0 spiro atoms. The fourth-order valence-corrected chi connectivity index (χ4v) is 2.51. The van der Waals surface area contributed by atoms with Crippen molar-refractivity contribution >= 4 is 27.3 Å².